The quantitative estimate of drug-likeness (QED) is 0.748. The van der Waals surface area contributed by atoms with Crippen molar-refractivity contribution in [3.05, 3.63) is 28.0 Å². The van der Waals surface area contributed by atoms with E-state index in [4.69, 9.17) is 4.52 Å². The van der Waals surface area contributed by atoms with Crippen molar-refractivity contribution in [1.29, 1.82) is 0 Å². The van der Waals surface area contributed by atoms with Crippen LogP contribution in [0.2, 0.25) is 0 Å². The summed E-state index contributed by atoms with van der Waals surface area (Å²) in [5, 5.41) is 17.1. The topological polar surface area (TPSA) is 93.8 Å². The summed E-state index contributed by atoms with van der Waals surface area (Å²) in [4.78, 5) is 17.3. The number of carbonyl (C=O) groups is 1. The first-order valence-corrected chi connectivity index (χ1v) is 9.23. The summed E-state index contributed by atoms with van der Waals surface area (Å²) in [7, 11) is 0. The lowest BCUT2D eigenvalue weighted by Crippen LogP contribution is -2.13. The number of rotatable bonds is 5. The van der Waals surface area contributed by atoms with E-state index in [1.807, 2.05) is 13.0 Å². The minimum Gasteiger partial charge on any atom is -0.336 e. The molecule has 3 heterocycles. The van der Waals surface area contributed by atoms with Crippen LogP contribution in [0.5, 0.6) is 0 Å². The van der Waals surface area contributed by atoms with Gasteiger partial charge in [-0.2, -0.15) is 0 Å². The molecule has 1 aliphatic carbocycles. The van der Waals surface area contributed by atoms with Gasteiger partial charge in [0.2, 0.25) is 5.13 Å². The monoisotopic (exact) mass is 357 g/mol. The minimum absolute atomic E-state index is 0.229. The number of nitrogens with one attached hydrogen (secondary N) is 1. The van der Waals surface area contributed by atoms with E-state index >= 15 is 0 Å². The summed E-state index contributed by atoms with van der Waals surface area (Å²) in [6.07, 6.45) is 3.05. The maximum atomic E-state index is 12.8. The van der Waals surface area contributed by atoms with Gasteiger partial charge in [0.05, 0.1) is 16.6 Å². The Labute approximate surface area is 148 Å². The Bertz CT molecular complexity index is 942. The zero-order valence-electron chi connectivity index (χ0n) is 14.4. The summed E-state index contributed by atoms with van der Waals surface area (Å²) in [6, 6.07) is 1.86. The number of pyridine rings is 1. The number of aromatic nitrogens is 4. The molecule has 0 spiro atoms. The molecule has 0 bridgehead atoms. The molecule has 25 heavy (non-hydrogen) atoms. The lowest BCUT2D eigenvalue weighted by molar-refractivity contribution is 0.102. The lowest BCUT2D eigenvalue weighted by atomic mass is 10.1. The molecule has 0 saturated heterocycles. The highest BCUT2D eigenvalue weighted by Crippen LogP contribution is 2.40. The molecule has 8 heteroatoms. The Morgan fingerprint density at radius 3 is 2.92 bits per heavy atom. The Kier molecular flexibility index (Phi) is 3.99. The normalized spacial score (nSPS) is 14.4. The Hall–Kier alpha value is -2.35. The second-order valence-electron chi connectivity index (χ2n) is 6.87. The van der Waals surface area contributed by atoms with E-state index in [0.29, 0.717) is 39.3 Å². The summed E-state index contributed by atoms with van der Waals surface area (Å²) < 4.78 is 5.29. The van der Waals surface area contributed by atoms with Crippen molar-refractivity contribution < 1.29 is 9.32 Å². The fraction of sp³-hybridized carbons (Fsp3) is 0.471. The van der Waals surface area contributed by atoms with Gasteiger partial charge in [-0.1, -0.05) is 30.3 Å². The Balaban J connectivity index is 1.65. The largest absolute Gasteiger partial charge is 0.336 e. The van der Waals surface area contributed by atoms with Crippen LogP contribution in [0.25, 0.3) is 11.1 Å². The summed E-state index contributed by atoms with van der Waals surface area (Å²) >= 11 is 1.41. The third-order valence-corrected chi connectivity index (χ3v) is 5.01. The molecule has 0 unspecified atom stereocenters. The van der Waals surface area contributed by atoms with Crippen molar-refractivity contribution in [3.8, 4) is 0 Å². The number of hydrogen-bond donors (Lipinski definition) is 1. The highest BCUT2D eigenvalue weighted by Gasteiger charge is 2.28. The van der Waals surface area contributed by atoms with Crippen LogP contribution in [0.4, 0.5) is 5.13 Å². The third kappa shape index (κ3) is 3.26. The second-order valence-corrected chi connectivity index (χ2v) is 7.93. The number of amides is 1. The number of aryl methyl sites for hydroxylation is 1. The van der Waals surface area contributed by atoms with Crippen LogP contribution in [0.15, 0.2) is 10.6 Å². The first-order valence-electron chi connectivity index (χ1n) is 8.42. The van der Waals surface area contributed by atoms with Gasteiger partial charge in [-0.3, -0.25) is 10.1 Å². The maximum Gasteiger partial charge on any atom is 0.259 e. The molecule has 0 radical (unpaired) electrons. The van der Waals surface area contributed by atoms with E-state index in [0.717, 1.165) is 30.0 Å². The second kappa shape index (κ2) is 6.18. The van der Waals surface area contributed by atoms with Crippen molar-refractivity contribution in [3.63, 3.8) is 0 Å². The van der Waals surface area contributed by atoms with Gasteiger partial charge in [0, 0.05) is 18.0 Å². The molecule has 1 amide bonds. The molecule has 1 N–H and O–H groups in total. The first kappa shape index (κ1) is 16.1. The van der Waals surface area contributed by atoms with E-state index in [1.165, 1.54) is 11.3 Å². The third-order valence-electron chi connectivity index (χ3n) is 4.15. The van der Waals surface area contributed by atoms with Crippen LogP contribution < -0.4 is 5.32 Å². The van der Waals surface area contributed by atoms with Gasteiger partial charge in [-0.15, -0.1) is 10.2 Å². The highest BCUT2D eigenvalue weighted by atomic mass is 32.1. The fourth-order valence-electron chi connectivity index (χ4n) is 2.78. The van der Waals surface area contributed by atoms with Crippen molar-refractivity contribution in [2.24, 2.45) is 5.92 Å². The summed E-state index contributed by atoms with van der Waals surface area (Å²) in [6.45, 7) is 6.07. The van der Waals surface area contributed by atoms with Crippen molar-refractivity contribution >= 4 is 33.5 Å². The van der Waals surface area contributed by atoms with Gasteiger partial charge in [-0.05, 0) is 31.7 Å². The molecule has 3 aromatic rings. The first-order chi connectivity index (χ1) is 12.0. The lowest BCUT2D eigenvalue weighted by Gasteiger charge is -2.05. The van der Waals surface area contributed by atoms with Crippen molar-refractivity contribution in [2.45, 2.75) is 46.0 Å². The standard InChI is InChI=1S/C17H19N5O2S/c1-8(2)6-13-20-21-17(25-13)19-15(23)11-7-12(10-4-5-10)18-16-14(11)9(3)22-24-16/h7-8,10H,4-6H2,1-3H3,(H,19,21,23). The van der Waals surface area contributed by atoms with Crippen molar-refractivity contribution in [2.75, 3.05) is 5.32 Å². The Morgan fingerprint density at radius 1 is 1.40 bits per heavy atom. The van der Waals surface area contributed by atoms with Gasteiger partial charge in [-0.25, -0.2) is 4.98 Å². The molecule has 1 fully saturated rings. The van der Waals surface area contributed by atoms with E-state index in [9.17, 15) is 4.79 Å². The van der Waals surface area contributed by atoms with Gasteiger partial charge < -0.3 is 4.52 Å². The highest BCUT2D eigenvalue weighted by molar-refractivity contribution is 7.15. The number of fused-ring (bicyclic) bond motifs is 1. The van der Waals surface area contributed by atoms with Crippen LogP contribution in [0, 0.1) is 12.8 Å². The average Bonchev–Trinajstić information content (AvgIpc) is 3.23. The van der Waals surface area contributed by atoms with E-state index in [1.54, 1.807) is 0 Å². The molecular weight excluding hydrogens is 338 g/mol. The molecule has 1 aliphatic rings. The van der Waals surface area contributed by atoms with E-state index in [-0.39, 0.29) is 5.91 Å². The molecular formula is C17H19N5O2S. The predicted molar refractivity (Wildman–Crippen MR) is 94.9 cm³/mol. The molecule has 4 rings (SSSR count). The number of carbonyl (C=O) groups excluding carboxylic acids is 1. The Morgan fingerprint density at radius 2 is 2.20 bits per heavy atom. The van der Waals surface area contributed by atoms with Crippen LogP contribution in [0.3, 0.4) is 0 Å². The van der Waals surface area contributed by atoms with E-state index in [2.05, 4.69) is 39.5 Å². The fourth-order valence-corrected chi connectivity index (χ4v) is 3.73. The predicted octanol–water partition coefficient (Wildman–Crippen LogP) is 3.71. The average molecular weight is 357 g/mol. The minimum atomic E-state index is -0.229. The zero-order chi connectivity index (χ0) is 17.6. The van der Waals surface area contributed by atoms with Crippen LogP contribution in [-0.2, 0) is 6.42 Å². The van der Waals surface area contributed by atoms with Gasteiger partial charge in [0.15, 0.2) is 0 Å². The molecule has 0 atom stereocenters. The molecule has 0 aliphatic heterocycles. The summed E-state index contributed by atoms with van der Waals surface area (Å²) in [5.74, 6) is 0.686. The number of hydrogen-bond acceptors (Lipinski definition) is 7. The molecule has 3 aromatic heterocycles. The van der Waals surface area contributed by atoms with Crippen LogP contribution in [0.1, 0.15) is 59.4 Å². The maximum absolute atomic E-state index is 12.8. The van der Waals surface area contributed by atoms with Crippen LogP contribution >= 0.6 is 11.3 Å². The molecule has 0 aromatic carbocycles. The molecule has 1 saturated carbocycles. The van der Waals surface area contributed by atoms with Crippen molar-refractivity contribution in [1.82, 2.24) is 20.3 Å². The van der Waals surface area contributed by atoms with Gasteiger partial charge >= 0.3 is 0 Å². The van der Waals surface area contributed by atoms with E-state index < -0.39 is 0 Å². The van der Waals surface area contributed by atoms with Gasteiger partial charge in [0.1, 0.15) is 5.01 Å². The van der Waals surface area contributed by atoms with Gasteiger partial charge in [0.25, 0.3) is 11.6 Å². The number of nitrogens with zero attached hydrogens (tertiary/aromatic N) is 4. The summed E-state index contributed by atoms with van der Waals surface area (Å²) in [5.41, 5.74) is 2.51. The number of anilines is 1. The smallest absolute Gasteiger partial charge is 0.259 e. The molecule has 7 nitrogen and oxygen atoms in total. The SMILES string of the molecule is Cc1noc2nc(C3CC3)cc(C(=O)Nc3nnc(CC(C)C)s3)c12. The van der Waals surface area contributed by atoms with Crippen LogP contribution in [-0.4, -0.2) is 26.2 Å². The molecule has 130 valence electrons. The zero-order valence-corrected chi connectivity index (χ0v) is 15.2.